The molecule has 1 N–H and O–H groups in total. The van der Waals surface area contributed by atoms with Gasteiger partial charge in [0.05, 0.1) is 23.8 Å². The van der Waals surface area contributed by atoms with Gasteiger partial charge in [-0.15, -0.1) is 0 Å². The van der Waals surface area contributed by atoms with E-state index in [1.54, 1.807) is 63.4 Å². The van der Waals surface area contributed by atoms with Gasteiger partial charge in [-0.05, 0) is 50.6 Å². The zero-order valence-electron chi connectivity index (χ0n) is 18.5. The van der Waals surface area contributed by atoms with Crippen molar-refractivity contribution in [1.82, 2.24) is 10.3 Å². The summed E-state index contributed by atoms with van der Waals surface area (Å²) in [6.45, 7) is 5.40. The molecule has 7 heteroatoms. The van der Waals surface area contributed by atoms with Crippen molar-refractivity contribution in [2.45, 2.75) is 38.8 Å². The molecule has 0 radical (unpaired) electrons. The van der Waals surface area contributed by atoms with Gasteiger partial charge in [-0.3, -0.25) is 9.78 Å². The van der Waals surface area contributed by atoms with E-state index in [-0.39, 0.29) is 6.42 Å². The van der Waals surface area contributed by atoms with Gasteiger partial charge in [0.25, 0.3) is 5.91 Å². The first-order chi connectivity index (χ1) is 15.2. The molecule has 0 saturated carbocycles. The first-order valence-corrected chi connectivity index (χ1v) is 10.2. The van der Waals surface area contributed by atoms with Gasteiger partial charge in [0.2, 0.25) is 0 Å². The summed E-state index contributed by atoms with van der Waals surface area (Å²) in [4.78, 5) is 41.8. The molecule has 1 amide bonds. The first-order valence-electron chi connectivity index (χ1n) is 10.2. The number of nitrogens with zero attached hydrogens (tertiary/aromatic N) is 1. The topological polar surface area (TPSA) is 94.6 Å². The normalized spacial score (nSPS) is 12.1. The van der Waals surface area contributed by atoms with Crippen molar-refractivity contribution in [3.63, 3.8) is 0 Å². The molecule has 2 aromatic carbocycles. The molecule has 0 unspecified atom stereocenters. The minimum absolute atomic E-state index is 0.204. The largest absolute Gasteiger partial charge is 0.467 e. The summed E-state index contributed by atoms with van der Waals surface area (Å²) in [5.74, 6) is -1.39. The Morgan fingerprint density at radius 2 is 1.69 bits per heavy atom. The van der Waals surface area contributed by atoms with Crippen molar-refractivity contribution in [3.05, 3.63) is 77.5 Å². The van der Waals surface area contributed by atoms with Crippen LogP contribution in [-0.4, -0.2) is 41.6 Å². The number of nitrogens with one attached hydrogen (secondary N) is 1. The average molecular weight is 434 g/mol. The second-order valence-corrected chi connectivity index (χ2v) is 8.33. The van der Waals surface area contributed by atoms with Crippen molar-refractivity contribution in [2.24, 2.45) is 0 Å². The van der Waals surface area contributed by atoms with Crippen molar-refractivity contribution in [2.75, 3.05) is 7.11 Å². The van der Waals surface area contributed by atoms with Crippen LogP contribution in [0.5, 0.6) is 0 Å². The minimum Gasteiger partial charge on any atom is -0.467 e. The standard InChI is InChI=1S/C25H26N2O5/c1-25(2,3)32-23(29)17-11-9-16(10-12-17)15-21(24(30)31-4)27-22(28)19-13-14-26-20-8-6-5-7-18(19)20/h5-14,21H,15H2,1-4H3,(H,27,28)/t21-/m1/s1. The highest BCUT2D eigenvalue weighted by Gasteiger charge is 2.24. The molecule has 0 fully saturated rings. The molecule has 0 saturated heterocycles. The molecule has 0 spiro atoms. The third-order valence-electron chi connectivity index (χ3n) is 4.71. The van der Waals surface area contributed by atoms with Crippen LogP contribution < -0.4 is 5.32 Å². The Hall–Kier alpha value is -3.74. The van der Waals surface area contributed by atoms with E-state index in [0.29, 0.717) is 22.0 Å². The molecule has 0 aliphatic carbocycles. The highest BCUT2D eigenvalue weighted by Crippen LogP contribution is 2.17. The molecule has 0 aliphatic heterocycles. The van der Waals surface area contributed by atoms with Crippen LogP contribution in [0.2, 0.25) is 0 Å². The predicted octanol–water partition coefficient (Wildman–Crippen LogP) is 3.70. The van der Waals surface area contributed by atoms with E-state index in [2.05, 4.69) is 10.3 Å². The Morgan fingerprint density at radius 1 is 1.00 bits per heavy atom. The number of aromatic nitrogens is 1. The molecule has 166 valence electrons. The Labute approximate surface area is 186 Å². The number of para-hydroxylation sites is 1. The zero-order chi connectivity index (χ0) is 23.3. The lowest BCUT2D eigenvalue weighted by Gasteiger charge is -2.20. The minimum atomic E-state index is -0.896. The van der Waals surface area contributed by atoms with Crippen LogP contribution in [0.15, 0.2) is 60.8 Å². The number of esters is 2. The highest BCUT2D eigenvalue weighted by atomic mass is 16.6. The summed E-state index contributed by atoms with van der Waals surface area (Å²) < 4.78 is 10.2. The predicted molar refractivity (Wildman–Crippen MR) is 120 cm³/mol. The maximum Gasteiger partial charge on any atom is 0.338 e. The lowest BCUT2D eigenvalue weighted by Crippen LogP contribution is -2.43. The molecule has 0 aliphatic rings. The summed E-state index contributed by atoms with van der Waals surface area (Å²) in [6, 6.07) is 14.7. The third kappa shape index (κ3) is 5.69. The van der Waals surface area contributed by atoms with Crippen LogP contribution in [-0.2, 0) is 20.7 Å². The Morgan fingerprint density at radius 3 is 2.34 bits per heavy atom. The van der Waals surface area contributed by atoms with Crippen molar-refractivity contribution >= 4 is 28.7 Å². The van der Waals surface area contributed by atoms with Crippen LogP contribution in [0, 0.1) is 0 Å². The van der Waals surface area contributed by atoms with E-state index in [1.807, 2.05) is 18.2 Å². The monoisotopic (exact) mass is 434 g/mol. The number of amides is 1. The highest BCUT2D eigenvalue weighted by molar-refractivity contribution is 6.07. The lowest BCUT2D eigenvalue weighted by atomic mass is 10.0. The Bertz CT molecular complexity index is 1130. The quantitative estimate of drug-likeness (QED) is 0.595. The third-order valence-corrected chi connectivity index (χ3v) is 4.71. The molecule has 0 bridgehead atoms. The summed E-state index contributed by atoms with van der Waals surface area (Å²) in [7, 11) is 1.27. The number of fused-ring (bicyclic) bond motifs is 1. The van der Waals surface area contributed by atoms with Crippen molar-refractivity contribution < 1.29 is 23.9 Å². The first kappa shape index (κ1) is 22.9. The number of carbonyl (C=O) groups is 3. The average Bonchev–Trinajstić information content (AvgIpc) is 2.77. The van der Waals surface area contributed by atoms with Crippen molar-refractivity contribution in [3.8, 4) is 0 Å². The van der Waals surface area contributed by atoms with Gasteiger partial charge >= 0.3 is 11.9 Å². The van der Waals surface area contributed by atoms with Gasteiger partial charge in [0, 0.05) is 18.0 Å². The molecule has 1 atom stereocenters. The number of benzene rings is 2. The number of carbonyl (C=O) groups excluding carboxylic acids is 3. The van der Waals surface area contributed by atoms with Crippen LogP contribution in [0.25, 0.3) is 10.9 Å². The number of hydrogen-bond donors (Lipinski definition) is 1. The van der Waals surface area contributed by atoms with Gasteiger partial charge in [0.1, 0.15) is 11.6 Å². The van der Waals surface area contributed by atoms with Crippen molar-refractivity contribution in [1.29, 1.82) is 0 Å². The summed E-state index contributed by atoms with van der Waals surface area (Å²) >= 11 is 0. The molecule has 1 heterocycles. The SMILES string of the molecule is COC(=O)[C@@H](Cc1ccc(C(=O)OC(C)(C)C)cc1)NC(=O)c1ccnc2ccccc12. The van der Waals surface area contributed by atoms with Crippen LogP contribution in [0.3, 0.4) is 0 Å². The summed E-state index contributed by atoms with van der Waals surface area (Å²) in [6.07, 6.45) is 1.76. The fourth-order valence-electron chi connectivity index (χ4n) is 3.22. The number of hydrogen-bond acceptors (Lipinski definition) is 6. The molecular formula is C25H26N2O5. The van der Waals surface area contributed by atoms with E-state index in [0.717, 1.165) is 5.56 Å². The smallest absolute Gasteiger partial charge is 0.338 e. The number of ether oxygens (including phenoxy) is 2. The summed E-state index contributed by atoms with van der Waals surface area (Å²) in [5, 5.41) is 3.45. The molecule has 1 aromatic heterocycles. The van der Waals surface area contributed by atoms with Crippen LogP contribution >= 0.6 is 0 Å². The van der Waals surface area contributed by atoms with E-state index >= 15 is 0 Å². The van der Waals surface area contributed by atoms with Gasteiger partial charge in [-0.25, -0.2) is 9.59 Å². The number of rotatable bonds is 6. The molecular weight excluding hydrogens is 408 g/mol. The van der Waals surface area contributed by atoms with Gasteiger partial charge in [0.15, 0.2) is 0 Å². The van der Waals surface area contributed by atoms with E-state index < -0.39 is 29.5 Å². The maximum atomic E-state index is 12.9. The molecule has 32 heavy (non-hydrogen) atoms. The van der Waals surface area contributed by atoms with Gasteiger partial charge in [-0.2, -0.15) is 0 Å². The maximum absolute atomic E-state index is 12.9. The van der Waals surface area contributed by atoms with Gasteiger partial charge < -0.3 is 14.8 Å². The van der Waals surface area contributed by atoms with E-state index in [9.17, 15) is 14.4 Å². The lowest BCUT2D eigenvalue weighted by molar-refractivity contribution is -0.142. The number of pyridine rings is 1. The zero-order valence-corrected chi connectivity index (χ0v) is 18.5. The molecule has 3 rings (SSSR count). The Balaban J connectivity index is 1.77. The van der Waals surface area contributed by atoms with E-state index in [4.69, 9.17) is 9.47 Å². The second kappa shape index (κ2) is 9.60. The van der Waals surface area contributed by atoms with E-state index in [1.165, 1.54) is 7.11 Å². The second-order valence-electron chi connectivity index (χ2n) is 8.33. The molecule has 3 aromatic rings. The number of methoxy groups -OCH3 is 1. The Kier molecular flexibility index (Phi) is 6.88. The van der Waals surface area contributed by atoms with Crippen LogP contribution in [0.1, 0.15) is 47.1 Å². The fraction of sp³-hybridized carbons (Fsp3) is 0.280. The van der Waals surface area contributed by atoms with Crippen LogP contribution in [0.4, 0.5) is 0 Å². The fourth-order valence-corrected chi connectivity index (χ4v) is 3.22. The summed E-state index contributed by atoms with van der Waals surface area (Å²) in [5.41, 5.74) is 1.68. The molecule has 7 nitrogen and oxygen atoms in total. The van der Waals surface area contributed by atoms with Gasteiger partial charge in [-0.1, -0.05) is 30.3 Å².